The van der Waals surface area contributed by atoms with Gasteiger partial charge in [-0.05, 0) is 44.2 Å². The van der Waals surface area contributed by atoms with Crippen LogP contribution in [-0.4, -0.2) is 34.5 Å². The number of aromatic nitrogens is 7. The van der Waals surface area contributed by atoms with Crippen LogP contribution in [0.3, 0.4) is 0 Å². The van der Waals surface area contributed by atoms with Crippen LogP contribution in [0.25, 0.3) is 73.0 Å². The predicted molar refractivity (Wildman–Crippen MR) is 183 cm³/mol. The van der Waals surface area contributed by atoms with Gasteiger partial charge < -0.3 is 4.57 Å². The molecule has 0 radical (unpaired) electrons. The average molecular weight is 607 g/mol. The van der Waals surface area contributed by atoms with E-state index in [2.05, 4.69) is 55.9 Å². The van der Waals surface area contributed by atoms with Crippen molar-refractivity contribution in [2.75, 3.05) is 0 Å². The second kappa shape index (κ2) is 11.4. The van der Waals surface area contributed by atoms with E-state index >= 15 is 0 Å². The Morgan fingerprint density at radius 1 is 0.489 bits per heavy atom. The summed E-state index contributed by atoms with van der Waals surface area (Å²) in [5.74, 6) is 3.52. The largest absolute Gasteiger partial charge is 0.308 e. The third-order valence-electron chi connectivity index (χ3n) is 8.10. The third-order valence-corrected chi connectivity index (χ3v) is 8.10. The van der Waals surface area contributed by atoms with Gasteiger partial charge in [0.25, 0.3) is 0 Å². The number of aryl methyl sites for hydroxylation is 2. The summed E-state index contributed by atoms with van der Waals surface area (Å²) in [5.41, 5.74) is 6.75. The average Bonchev–Trinajstić information content (AvgIpc) is 3.45. The van der Waals surface area contributed by atoms with Crippen LogP contribution in [0.4, 0.5) is 0 Å². The zero-order chi connectivity index (χ0) is 31.9. The lowest BCUT2D eigenvalue weighted by atomic mass is 10.1. The van der Waals surface area contributed by atoms with Crippen molar-refractivity contribution in [2.45, 2.75) is 13.8 Å². The summed E-state index contributed by atoms with van der Waals surface area (Å²) < 4.78 is 2.20. The molecule has 222 valence electrons. The normalized spacial score (nSPS) is 11.2. The highest BCUT2D eigenvalue weighted by atomic mass is 15.1. The van der Waals surface area contributed by atoms with Crippen molar-refractivity contribution in [3.05, 3.63) is 139 Å². The fourth-order valence-corrected chi connectivity index (χ4v) is 6.02. The fourth-order valence-electron chi connectivity index (χ4n) is 6.02. The number of benzene rings is 5. The standard InChI is InChI=1S/C39H26N8/c1-24-41-25(2)43-39(42-24)32-21-26(23-40)17-20-34(32)47-33-16-10-9-15-30(33)31-19-18-29(22-35(31)47)38-45-36(27-11-5-3-6-12-27)44-37(46-38)28-13-7-4-8-14-28/h3-22H,1-2H3. The van der Waals surface area contributed by atoms with E-state index < -0.39 is 0 Å². The van der Waals surface area contributed by atoms with Crippen LogP contribution in [0, 0.1) is 25.2 Å². The molecule has 0 N–H and O–H groups in total. The molecule has 8 aromatic rings. The van der Waals surface area contributed by atoms with Gasteiger partial charge in [0.15, 0.2) is 23.3 Å². The van der Waals surface area contributed by atoms with E-state index in [0.717, 1.165) is 49.7 Å². The number of fused-ring (bicyclic) bond motifs is 3. The van der Waals surface area contributed by atoms with E-state index in [1.54, 1.807) is 0 Å². The zero-order valence-corrected chi connectivity index (χ0v) is 25.6. The molecule has 0 saturated heterocycles. The Kier molecular flexibility index (Phi) is 6.77. The maximum atomic E-state index is 9.83. The lowest BCUT2D eigenvalue weighted by Gasteiger charge is -2.14. The Labute approximate surface area is 270 Å². The number of nitrogens with zero attached hydrogens (tertiary/aromatic N) is 8. The first kappa shape index (κ1) is 27.9. The summed E-state index contributed by atoms with van der Waals surface area (Å²) >= 11 is 0. The minimum absolute atomic E-state index is 0.515. The molecule has 47 heavy (non-hydrogen) atoms. The zero-order valence-electron chi connectivity index (χ0n) is 25.6. The van der Waals surface area contributed by atoms with Gasteiger partial charge in [-0.15, -0.1) is 0 Å². The van der Waals surface area contributed by atoms with Crippen molar-refractivity contribution in [2.24, 2.45) is 0 Å². The summed E-state index contributed by atoms with van der Waals surface area (Å²) in [7, 11) is 0. The van der Waals surface area contributed by atoms with Crippen molar-refractivity contribution in [1.82, 2.24) is 34.5 Å². The van der Waals surface area contributed by atoms with Crippen LogP contribution in [0.1, 0.15) is 17.2 Å². The molecule has 0 fully saturated rings. The molecule has 0 unspecified atom stereocenters. The SMILES string of the molecule is Cc1nc(C)nc(-c2cc(C#N)ccc2-n2c3ccccc3c3ccc(-c4nc(-c5ccccc5)nc(-c5ccccc5)n4)cc32)n1. The first-order valence-electron chi connectivity index (χ1n) is 15.2. The molecule has 3 heterocycles. The van der Waals surface area contributed by atoms with Gasteiger partial charge in [-0.3, -0.25) is 0 Å². The number of para-hydroxylation sites is 1. The molecule has 8 heteroatoms. The number of hydrogen-bond acceptors (Lipinski definition) is 7. The highest BCUT2D eigenvalue weighted by Crippen LogP contribution is 2.37. The van der Waals surface area contributed by atoms with Crippen LogP contribution >= 0.6 is 0 Å². The lowest BCUT2D eigenvalue weighted by Crippen LogP contribution is -2.04. The quantitative estimate of drug-likeness (QED) is 0.194. The second-order valence-corrected chi connectivity index (χ2v) is 11.2. The second-order valence-electron chi connectivity index (χ2n) is 11.2. The molecule has 0 aliphatic heterocycles. The minimum atomic E-state index is 0.515. The lowest BCUT2D eigenvalue weighted by molar-refractivity contribution is 0.926. The molecule has 0 atom stereocenters. The van der Waals surface area contributed by atoms with Crippen LogP contribution in [0.5, 0.6) is 0 Å². The fraction of sp³-hybridized carbons (Fsp3) is 0.0513. The van der Waals surface area contributed by atoms with Gasteiger partial charge in [-0.2, -0.15) is 5.26 Å². The summed E-state index contributed by atoms with van der Waals surface area (Å²) in [6.45, 7) is 3.70. The van der Waals surface area contributed by atoms with E-state index in [1.165, 1.54) is 0 Å². The topological polar surface area (TPSA) is 106 Å². The first-order chi connectivity index (χ1) is 23.1. The van der Waals surface area contributed by atoms with E-state index in [-0.39, 0.29) is 0 Å². The Balaban J connectivity index is 1.40. The van der Waals surface area contributed by atoms with Crippen molar-refractivity contribution in [1.29, 1.82) is 5.26 Å². The van der Waals surface area contributed by atoms with Gasteiger partial charge in [0.2, 0.25) is 0 Å². The highest BCUT2D eigenvalue weighted by Gasteiger charge is 2.20. The van der Waals surface area contributed by atoms with E-state index in [9.17, 15) is 5.26 Å². The highest BCUT2D eigenvalue weighted by molar-refractivity contribution is 6.10. The third kappa shape index (κ3) is 5.06. The molecule has 8 nitrogen and oxygen atoms in total. The van der Waals surface area contributed by atoms with Crippen LogP contribution in [-0.2, 0) is 0 Å². The molecular formula is C39H26N8. The monoisotopic (exact) mass is 606 g/mol. The molecule has 8 rings (SSSR count). The van der Waals surface area contributed by atoms with Crippen LogP contribution in [0.2, 0.25) is 0 Å². The molecule has 0 spiro atoms. The Morgan fingerprint density at radius 2 is 1.06 bits per heavy atom. The summed E-state index contributed by atoms with van der Waals surface area (Å²) in [5, 5.41) is 12.0. The van der Waals surface area contributed by atoms with E-state index in [1.807, 2.05) is 105 Å². The number of nitriles is 1. The van der Waals surface area contributed by atoms with E-state index in [0.29, 0.717) is 40.5 Å². The Bertz CT molecular complexity index is 2420. The van der Waals surface area contributed by atoms with E-state index in [4.69, 9.17) is 15.0 Å². The minimum Gasteiger partial charge on any atom is -0.308 e. The van der Waals surface area contributed by atoms with Gasteiger partial charge in [0, 0.05) is 33.0 Å². The maximum absolute atomic E-state index is 9.83. The molecular weight excluding hydrogens is 580 g/mol. The molecule has 3 aromatic heterocycles. The molecule has 0 aliphatic carbocycles. The molecule has 0 amide bonds. The van der Waals surface area contributed by atoms with Crippen molar-refractivity contribution < 1.29 is 0 Å². The molecule has 0 aliphatic rings. The van der Waals surface area contributed by atoms with Gasteiger partial charge in [0.05, 0.1) is 28.4 Å². The summed E-state index contributed by atoms with van der Waals surface area (Å²) in [6.07, 6.45) is 0. The first-order valence-corrected chi connectivity index (χ1v) is 15.2. The smallest absolute Gasteiger partial charge is 0.165 e. The van der Waals surface area contributed by atoms with Gasteiger partial charge in [-0.1, -0.05) is 91.0 Å². The van der Waals surface area contributed by atoms with Gasteiger partial charge in [-0.25, -0.2) is 29.9 Å². The number of hydrogen-bond donors (Lipinski definition) is 0. The van der Waals surface area contributed by atoms with Crippen molar-refractivity contribution in [3.63, 3.8) is 0 Å². The van der Waals surface area contributed by atoms with Gasteiger partial charge >= 0.3 is 0 Å². The summed E-state index contributed by atoms with van der Waals surface area (Å²) in [6, 6.07) is 42.4. The number of rotatable bonds is 5. The Hall–Kier alpha value is -6.59. The molecule has 0 saturated carbocycles. The maximum Gasteiger partial charge on any atom is 0.165 e. The van der Waals surface area contributed by atoms with Gasteiger partial charge in [0.1, 0.15) is 11.6 Å². The molecule has 0 bridgehead atoms. The predicted octanol–water partition coefficient (Wildman–Crippen LogP) is 8.31. The molecule has 5 aromatic carbocycles. The van der Waals surface area contributed by atoms with Crippen molar-refractivity contribution >= 4 is 21.8 Å². The van der Waals surface area contributed by atoms with Crippen molar-refractivity contribution in [3.8, 4) is 57.3 Å². The van der Waals surface area contributed by atoms with Crippen LogP contribution in [0.15, 0.2) is 121 Å². The Morgan fingerprint density at radius 3 is 1.70 bits per heavy atom. The van der Waals surface area contributed by atoms with Crippen LogP contribution < -0.4 is 0 Å². The summed E-state index contributed by atoms with van der Waals surface area (Å²) in [4.78, 5) is 28.6.